The van der Waals surface area contributed by atoms with Gasteiger partial charge in [-0.3, -0.25) is 4.57 Å². The van der Waals surface area contributed by atoms with Crippen molar-refractivity contribution in [2.24, 2.45) is 0 Å². The molecule has 0 spiro atoms. The molecule has 1 aromatic heterocycles. The van der Waals surface area contributed by atoms with Crippen molar-refractivity contribution in [1.82, 2.24) is 9.55 Å². The number of aromatic nitrogens is 2. The van der Waals surface area contributed by atoms with Crippen LogP contribution in [0.3, 0.4) is 0 Å². The Hall–Kier alpha value is -1.86. The normalized spacial score (nSPS) is 19.1. The molecule has 23 heavy (non-hydrogen) atoms. The average Bonchev–Trinajstić information content (AvgIpc) is 2.99. The monoisotopic (exact) mass is 318 g/mol. The molecule has 7 heteroatoms. The number of ether oxygens (including phenoxy) is 1. The van der Waals surface area contributed by atoms with Crippen LogP contribution >= 0.6 is 0 Å². The fourth-order valence-corrected chi connectivity index (χ4v) is 2.39. The topological polar surface area (TPSA) is 45.5 Å². The van der Waals surface area contributed by atoms with E-state index in [2.05, 4.69) is 4.98 Å². The van der Waals surface area contributed by atoms with Crippen LogP contribution in [0.5, 0.6) is 6.01 Å². The second kappa shape index (κ2) is 5.35. The molecule has 0 radical (unpaired) electrons. The maximum absolute atomic E-state index is 13.1. The van der Waals surface area contributed by atoms with Crippen molar-refractivity contribution in [3.8, 4) is 11.7 Å². The molecule has 0 saturated carbocycles. The SMILES string of the molecule is COc1nc(B2OC(C)(C)C(C)(C)O2)cn1-c1ccc(F)cc1. The minimum Gasteiger partial charge on any atom is -0.468 e. The Morgan fingerprint density at radius 1 is 1.09 bits per heavy atom. The zero-order chi connectivity index (χ0) is 16.8. The Bertz CT molecular complexity index is 697. The Kier molecular flexibility index (Phi) is 3.73. The van der Waals surface area contributed by atoms with Crippen LogP contribution < -0.4 is 10.3 Å². The van der Waals surface area contributed by atoms with E-state index in [0.29, 0.717) is 11.6 Å². The second-order valence-electron chi connectivity index (χ2n) is 6.59. The molecule has 1 aromatic carbocycles. The van der Waals surface area contributed by atoms with E-state index >= 15 is 0 Å². The summed E-state index contributed by atoms with van der Waals surface area (Å²) >= 11 is 0. The van der Waals surface area contributed by atoms with E-state index in [9.17, 15) is 4.39 Å². The lowest BCUT2D eigenvalue weighted by Crippen LogP contribution is -2.41. The first kappa shape index (κ1) is 16.0. The minimum atomic E-state index is -0.574. The highest BCUT2D eigenvalue weighted by molar-refractivity contribution is 6.61. The fraction of sp³-hybridized carbons (Fsp3) is 0.438. The molecule has 1 fully saturated rings. The van der Waals surface area contributed by atoms with Gasteiger partial charge in [-0.1, -0.05) is 0 Å². The highest BCUT2D eigenvalue weighted by Gasteiger charge is 2.52. The lowest BCUT2D eigenvalue weighted by molar-refractivity contribution is 0.00578. The highest BCUT2D eigenvalue weighted by atomic mass is 19.1. The number of hydrogen-bond donors (Lipinski definition) is 0. The number of imidazole rings is 1. The predicted octanol–water partition coefficient (Wildman–Crippen LogP) is 2.32. The molecule has 0 unspecified atom stereocenters. The van der Waals surface area contributed by atoms with Gasteiger partial charge in [0.2, 0.25) is 0 Å². The lowest BCUT2D eigenvalue weighted by atomic mass is 9.86. The van der Waals surface area contributed by atoms with Crippen LogP contribution in [0.15, 0.2) is 30.5 Å². The zero-order valence-electron chi connectivity index (χ0n) is 14.0. The van der Waals surface area contributed by atoms with E-state index in [4.69, 9.17) is 14.0 Å². The Morgan fingerprint density at radius 3 is 2.17 bits per heavy atom. The van der Waals surface area contributed by atoms with Gasteiger partial charge in [0.05, 0.1) is 29.6 Å². The first-order valence-electron chi connectivity index (χ1n) is 7.48. The van der Waals surface area contributed by atoms with Crippen LogP contribution in [-0.4, -0.2) is 35.0 Å². The maximum atomic E-state index is 13.1. The van der Waals surface area contributed by atoms with E-state index in [1.54, 1.807) is 22.9 Å². The van der Waals surface area contributed by atoms with Gasteiger partial charge in [0.15, 0.2) is 0 Å². The molecule has 1 aliphatic rings. The van der Waals surface area contributed by atoms with Crippen LogP contribution in [0.1, 0.15) is 27.7 Å². The summed E-state index contributed by atoms with van der Waals surface area (Å²) in [4.78, 5) is 4.44. The van der Waals surface area contributed by atoms with Gasteiger partial charge in [0.25, 0.3) is 6.01 Å². The third kappa shape index (κ3) is 2.75. The molecule has 2 aromatic rings. The molecule has 122 valence electrons. The summed E-state index contributed by atoms with van der Waals surface area (Å²) in [5.41, 5.74) is 0.484. The van der Waals surface area contributed by atoms with Gasteiger partial charge in [-0.15, -0.1) is 0 Å². The molecular formula is C16H20BFN2O3. The van der Waals surface area contributed by atoms with E-state index in [1.165, 1.54) is 19.2 Å². The van der Waals surface area contributed by atoms with Crippen LogP contribution in [0.25, 0.3) is 5.69 Å². The largest absolute Gasteiger partial charge is 0.516 e. The van der Waals surface area contributed by atoms with Gasteiger partial charge in [-0.2, -0.15) is 0 Å². The van der Waals surface area contributed by atoms with Crippen molar-refractivity contribution in [3.05, 3.63) is 36.3 Å². The summed E-state index contributed by atoms with van der Waals surface area (Å²) in [6.07, 6.45) is 1.79. The van der Waals surface area contributed by atoms with Gasteiger partial charge in [-0.05, 0) is 52.0 Å². The van der Waals surface area contributed by atoms with Crippen molar-refractivity contribution in [2.75, 3.05) is 7.11 Å². The van der Waals surface area contributed by atoms with Gasteiger partial charge in [0.1, 0.15) is 5.82 Å². The zero-order valence-corrected chi connectivity index (χ0v) is 14.0. The lowest BCUT2D eigenvalue weighted by Gasteiger charge is -2.32. The Balaban J connectivity index is 1.96. The van der Waals surface area contributed by atoms with Crippen molar-refractivity contribution >= 4 is 12.7 Å². The molecule has 0 atom stereocenters. The number of rotatable bonds is 3. The molecule has 0 aliphatic carbocycles. The van der Waals surface area contributed by atoms with Crippen LogP contribution in [0.2, 0.25) is 0 Å². The first-order chi connectivity index (χ1) is 10.7. The van der Waals surface area contributed by atoms with Crippen LogP contribution in [-0.2, 0) is 9.31 Å². The van der Waals surface area contributed by atoms with Crippen molar-refractivity contribution in [1.29, 1.82) is 0 Å². The summed E-state index contributed by atoms with van der Waals surface area (Å²) in [7, 11) is 0.965. The maximum Gasteiger partial charge on any atom is 0.516 e. The molecule has 5 nitrogen and oxygen atoms in total. The molecule has 1 aliphatic heterocycles. The number of hydrogen-bond acceptors (Lipinski definition) is 4. The smallest absolute Gasteiger partial charge is 0.468 e. The molecule has 3 rings (SSSR count). The minimum absolute atomic E-state index is 0.293. The van der Waals surface area contributed by atoms with E-state index in [-0.39, 0.29) is 5.82 Å². The van der Waals surface area contributed by atoms with Crippen LogP contribution in [0, 0.1) is 5.82 Å². The third-order valence-corrected chi connectivity index (χ3v) is 4.47. The quantitative estimate of drug-likeness (QED) is 0.815. The molecular weight excluding hydrogens is 298 g/mol. The second-order valence-corrected chi connectivity index (χ2v) is 6.59. The Morgan fingerprint density at radius 2 is 1.65 bits per heavy atom. The summed E-state index contributed by atoms with van der Waals surface area (Å²) in [5, 5.41) is 0. The van der Waals surface area contributed by atoms with Gasteiger partial charge in [-0.25, -0.2) is 9.37 Å². The number of nitrogens with zero attached hydrogens (tertiary/aromatic N) is 2. The van der Waals surface area contributed by atoms with Gasteiger partial charge >= 0.3 is 7.12 Å². The summed E-state index contributed by atoms with van der Waals surface area (Å²) in [6, 6.07) is 6.49. The Labute approximate surface area is 135 Å². The van der Waals surface area contributed by atoms with Crippen LogP contribution in [0.4, 0.5) is 4.39 Å². The molecule has 0 bridgehead atoms. The summed E-state index contributed by atoms with van der Waals surface area (Å²) < 4.78 is 32.2. The number of methoxy groups -OCH3 is 1. The van der Waals surface area contributed by atoms with Crippen molar-refractivity contribution in [3.63, 3.8) is 0 Å². The van der Waals surface area contributed by atoms with Crippen molar-refractivity contribution < 1.29 is 18.4 Å². The standard InChI is InChI=1S/C16H20BFN2O3/c1-15(2)16(3,4)23-17(22-15)13-10-20(14(19-13)21-5)12-8-6-11(18)7-9-12/h6-10H,1-5H3. The fourth-order valence-electron chi connectivity index (χ4n) is 2.39. The van der Waals surface area contributed by atoms with Gasteiger partial charge in [0, 0.05) is 6.20 Å². The molecule has 0 amide bonds. The molecule has 2 heterocycles. The highest BCUT2D eigenvalue weighted by Crippen LogP contribution is 2.36. The summed E-state index contributed by atoms with van der Waals surface area (Å²) in [5.74, 6) is -0.293. The number of halogens is 1. The molecule has 1 saturated heterocycles. The summed E-state index contributed by atoms with van der Waals surface area (Å²) in [6.45, 7) is 7.95. The van der Waals surface area contributed by atoms with Gasteiger partial charge < -0.3 is 14.0 Å². The third-order valence-electron chi connectivity index (χ3n) is 4.47. The average molecular weight is 318 g/mol. The van der Waals surface area contributed by atoms with Crippen molar-refractivity contribution in [2.45, 2.75) is 38.9 Å². The van der Waals surface area contributed by atoms with E-state index < -0.39 is 18.3 Å². The predicted molar refractivity (Wildman–Crippen MR) is 85.8 cm³/mol. The van der Waals surface area contributed by atoms with E-state index in [1.807, 2.05) is 27.7 Å². The first-order valence-corrected chi connectivity index (χ1v) is 7.48. The molecule has 0 N–H and O–H groups in total. The number of benzene rings is 1. The van der Waals surface area contributed by atoms with E-state index in [0.717, 1.165) is 5.69 Å².